The van der Waals surface area contributed by atoms with E-state index in [9.17, 15) is 14.4 Å². The zero-order valence-corrected chi connectivity index (χ0v) is 19.8. The van der Waals surface area contributed by atoms with Gasteiger partial charge in [-0.2, -0.15) is 9.78 Å². The molecule has 0 spiro atoms. The monoisotopic (exact) mass is 531 g/mol. The highest BCUT2D eigenvalue weighted by molar-refractivity contribution is 9.10. The Morgan fingerprint density at radius 2 is 1.97 bits per heavy atom. The summed E-state index contributed by atoms with van der Waals surface area (Å²) in [7, 11) is 0. The number of benzene rings is 2. The van der Waals surface area contributed by atoms with E-state index in [1.165, 1.54) is 0 Å². The third-order valence-corrected chi connectivity index (χ3v) is 6.15. The van der Waals surface area contributed by atoms with E-state index in [0.717, 1.165) is 20.5 Å². The van der Waals surface area contributed by atoms with Crippen LogP contribution in [0.3, 0.4) is 0 Å². The summed E-state index contributed by atoms with van der Waals surface area (Å²) in [5.74, 6) is -1.05. The molecule has 2 aromatic heterocycles. The van der Waals surface area contributed by atoms with E-state index in [2.05, 4.69) is 26.3 Å². The number of esters is 1. The van der Waals surface area contributed by atoms with Crippen LogP contribution >= 0.6 is 38.9 Å². The van der Waals surface area contributed by atoms with Crippen LogP contribution in [0, 0.1) is 0 Å². The average Bonchev–Trinajstić information content (AvgIpc) is 3.19. The van der Waals surface area contributed by atoms with E-state index >= 15 is 0 Å². The first-order chi connectivity index (χ1) is 15.4. The first-order valence-electron chi connectivity index (χ1n) is 9.43. The molecular weight excluding hydrogens is 518 g/mol. The van der Waals surface area contributed by atoms with Crippen LogP contribution < -0.4 is 10.9 Å². The second kappa shape index (κ2) is 9.23. The Morgan fingerprint density at radius 3 is 2.66 bits per heavy atom. The van der Waals surface area contributed by atoms with Crippen molar-refractivity contribution in [3.8, 4) is 5.69 Å². The van der Waals surface area contributed by atoms with Crippen LogP contribution in [0.1, 0.15) is 27.8 Å². The fourth-order valence-electron chi connectivity index (χ4n) is 3.05. The van der Waals surface area contributed by atoms with E-state index in [4.69, 9.17) is 16.3 Å². The molecule has 7 nitrogen and oxygen atoms in total. The van der Waals surface area contributed by atoms with Gasteiger partial charge < -0.3 is 10.1 Å². The summed E-state index contributed by atoms with van der Waals surface area (Å²) < 4.78 is 6.99. The Balaban J connectivity index is 1.88. The van der Waals surface area contributed by atoms with Gasteiger partial charge in [0.1, 0.15) is 5.00 Å². The summed E-state index contributed by atoms with van der Waals surface area (Å²) in [6, 6.07) is 13.3. The van der Waals surface area contributed by atoms with Gasteiger partial charge in [0.05, 0.1) is 17.7 Å². The van der Waals surface area contributed by atoms with Crippen molar-refractivity contribution in [2.75, 3.05) is 11.9 Å². The van der Waals surface area contributed by atoms with Crippen molar-refractivity contribution >= 4 is 66.5 Å². The number of nitrogens with zero attached hydrogens (tertiary/aromatic N) is 2. The van der Waals surface area contributed by atoms with Crippen LogP contribution in [0.4, 0.5) is 5.00 Å². The molecular formula is C22H15BrClN3O4S. The molecule has 1 N–H and O–H groups in total. The van der Waals surface area contributed by atoms with Crippen LogP contribution in [-0.2, 0) is 4.74 Å². The van der Waals surface area contributed by atoms with E-state index in [1.807, 2.05) is 0 Å². The third-order valence-electron chi connectivity index (χ3n) is 4.51. The van der Waals surface area contributed by atoms with E-state index in [1.54, 1.807) is 60.8 Å². The molecule has 10 heteroatoms. The Kier molecular flexibility index (Phi) is 6.40. The second-order valence-electron chi connectivity index (χ2n) is 6.58. The Morgan fingerprint density at radius 1 is 1.22 bits per heavy atom. The summed E-state index contributed by atoms with van der Waals surface area (Å²) in [5, 5.41) is 9.93. The van der Waals surface area contributed by atoms with Gasteiger partial charge in [0, 0.05) is 25.8 Å². The van der Waals surface area contributed by atoms with Gasteiger partial charge in [0.25, 0.3) is 11.5 Å². The number of carbonyl (C=O) groups excluding carboxylic acids is 2. The van der Waals surface area contributed by atoms with E-state index in [0.29, 0.717) is 26.7 Å². The predicted molar refractivity (Wildman–Crippen MR) is 128 cm³/mol. The molecule has 4 aromatic rings. The van der Waals surface area contributed by atoms with Crippen molar-refractivity contribution in [3.63, 3.8) is 0 Å². The average molecular weight is 533 g/mol. The van der Waals surface area contributed by atoms with Crippen LogP contribution in [-0.4, -0.2) is 28.3 Å². The summed E-state index contributed by atoms with van der Waals surface area (Å²) in [4.78, 5) is 38.7. The topological polar surface area (TPSA) is 90.3 Å². The Hall–Kier alpha value is -3.01. The summed E-state index contributed by atoms with van der Waals surface area (Å²) in [5.41, 5.74) is 0.331. The molecule has 0 aliphatic rings. The van der Waals surface area contributed by atoms with Gasteiger partial charge in [-0.15, -0.1) is 11.3 Å². The zero-order valence-electron chi connectivity index (χ0n) is 16.6. The van der Waals surface area contributed by atoms with E-state index in [-0.39, 0.29) is 23.6 Å². The van der Waals surface area contributed by atoms with Gasteiger partial charge in [-0.3, -0.25) is 9.59 Å². The predicted octanol–water partition coefficient (Wildman–Crippen LogP) is 5.29. The summed E-state index contributed by atoms with van der Waals surface area (Å²) in [6.07, 6.45) is 0. The molecule has 2 aromatic carbocycles. The molecule has 0 bridgehead atoms. The van der Waals surface area contributed by atoms with Crippen molar-refractivity contribution in [3.05, 3.63) is 85.0 Å². The Bertz CT molecular complexity index is 1400. The number of hydrogen-bond acceptors (Lipinski definition) is 6. The number of hydrogen-bond donors (Lipinski definition) is 1. The minimum absolute atomic E-state index is 0.0180. The smallest absolute Gasteiger partial charge is 0.359 e. The third kappa shape index (κ3) is 4.32. The van der Waals surface area contributed by atoms with Gasteiger partial charge in [-0.25, -0.2) is 4.79 Å². The van der Waals surface area contributed by atoms with Crippen molar-refractivity contribution in [1.29, 1.82) is 0 Å². The largest absolute Gasteiger partial charge is 0.461 e. The lowest BCUT2D eigenvalue weighted by Gasteiger charge is -2.10. The zero-order chi connectivity index (χ0) is 22.8. The molecule has 0 aliphatic carbocycles. The minimum Gasteiger partial charge on any atom is -0.461 e. The van der Waals surface area contributed by atoms with Crippen molar-refractivity contribution < 1.29 is 14.3 Å². The SMILES string of the molecule is CCOC(=O)c1nn(-c2ccc(Cl)cc2)c(=O)c2c(NC(=O)c3cccc(Br)c3)scc12. The molecule has 0 radical (unpaired) electrons. The van der Waals surface area contributed by atoms with Gasteiger partial charge in [-0.05, 0) is 49.4 Å². The number of nitrogens with one attached hydrogen (secondary N) is 1. The lowest BCUT2D eigenvalue weighted by molar-refractivity contribution is 0.0520. The number of halogens is 2. The highest BCUT2D eigenvalue weighted by Gasteiger charge is 2.23. The van der Waals surface area contributed by atoms with Gasteiger partial charge in [0.15, 0.2) is 5.69 Å². The van der Waals surface area contributed by atoms with Crippen molar-refractivity contribution in [2.24, 2.45) is 0 Å². The molecule has 4 rings (SSSR count). The number of carbonyl (C=O) groups is 2. The maximum atomic E-state index is 13.4. The number of anilines is 1. The van der Waals surface area contributed by atoms with E-state index < -0.39 is 11.5 Å². The second-order valence-corrected chi connectivity index (χ2v) is 8.81. The van der Waals surface area contributed by atoms with Crippen molar-refractivity contribution in [1.82, 2.24) is 9.78 Å². The maximum Gasteiger partial charge on any atom is 0.359 e. The number of rotatable bonds is 5. The Labute approximate surface area is 199 Å². The lowest BCUT2D eigenvalue weighted by atomic mass is 10.2. The number of aromatic nitrogens is 2. The highest BCUT2D eigenvalue weighted by atomic mass is 79.9. The first kappa shape index (κ1) is 22.2. The molecule has 0 unspecified atom stereocenters. The quantitative estimate of drug-likeness (QED) is 0.353. The molecule has 1 amide bonds. The van der Waals surface area contributed by atoms with Crippen LogP contribution in [0.15, 0.2) is 63.2 Å². The van der Waals surface area contributed by atoms with Crippen molar-refractivity contribution in [2.45, 2.75) is 6.92 Å². The molecule has 0 aliphatic heterocycles. The molecule has 0 saturated carbocycles. The fraction of sp³-hybridized carbons (Fsp3) is 0.0909. The van der Waals surface area contributed by atoms with Gasteiger partial charge >= 0.3 is 5.97 Å². The van der Waals surface area contributed by atoms with Crippen LogP contribution in [0.5, 0.6) is 0 Å². The molecule has 0 saturated heterocycles. The number of amides is 1. The molecule has 0 fully saturated rings. The molecule has 32 heavy (non-hydrogen) atoms. The van der Waals surface area contributed by atoms with Gasteiger partial charge in [-0.1, -0.05) is 33.6 Å². The number of ether oxygens (including phenoxy) is 1. The minimum atomic E-state index is -0.664. The van der Waals surface area contributed by atoms with Crippen LogP contribution in [0.2, 0.25) is 5.02 Å². The maximum absolute atomic E-state index is 13.4. The summed E-state index contributed by atoms with van der Waals surface area (Å²) >= 11 is 10.4. The van der Waals surface area contributed by atoms with Crippen LogP contribution in [0.25, 0.3) is 16.5 Å². The standard InChI is InChI=1S/C22H15BrClN3O4S/c1-2-31-22(30)18-16-11-32-20(25-19(28)12-4-3-5-13(23)10-12)17(16)21(29)27(26-18)15-8-6-14(24)7-9-15/h3-11H,2H2,1H3,(H,25,28). The molecule has 0 atom stereocenters. The first-order valence-corrected chi connectivity index (χ1v) is 11.5. The molecule has 162 valence electrons. The lowest BCUT2D eigenvalue weighted by Crippen LogP contribution is -2.25. The summed E-state index contributed by atoms with van der Waals surface area (Å²) in [6.45, 7) is 1.83. The normalized spacial score (nSPS) is 10.8. The fourth-order valence-corrected chi connectivity index (χ4v) is 4.51. The van der Waals surface area contributed by atoms with Gasteiger partial charge in [0.2, 0.25) is 0 Å². The molecule has 2 heterocycles. The number of thiophene rings is 1. The number of fused-ring (bicyclic) bond motifs is 1. The highest BCUT2D eigenvalue weighted by Crippen LogP contribution is 2.31.